The van der Waals surface area contributed by atoms with Crippen LogP contribution in [-0.4, -0.2) is 138 Å². The highest BCUT2D eigenvalue weighted by molar-refractivity contribution is 6.01. The fraction of sp³-hybridized carbons (Fsp3) is 0.609. The number of likely N-dealkylation sites (N-methyl/N-ethyl adjacent to an activating group) is 2. The van der Waals surface area contributed by atoms with E-state index in [0.717, 1.165) is 50.4 Å². The van der Waals surface area contributed by atoms with Crippen LogP contribution in [0, 0.1) is 10.8 Å². The van der Waals surface area contributed by atoms with Crippen molar-refractivity contribution in [1.29, 1.82) is 0 Å². The molecule has 0 saturated carbocycles. The van der Waals surface area contributed by atoms with Crippen LogP contribution in [0.1, 0.15) is 99.8 Å². The molecule has 63 heavy (non-hydrogen) atoms. The summed E-state index contributed by atoms with van der Waals surface area (Å²) in [5, 5.41) is 12.3. The molecule has 6 aliphatic rings. The fourth-order valence-electron chi connectivity index (χ4n) is 11.8. The van der Waals surface area contributed by atoms with Gasteiger partial charge >= 0.3 is 0 Å². The number of halogens is 4. The molecule has 0 spiro atoms. The van der Waals surface area contributed by atoms with Gasteiger partial charge in [0.15, 0.2) is 11.7 Å². The Labute approximate surface area is 399 Å². The Morgan fingerprint density at radius 3 is 1.33 bits per heavy atom. The third kappa shape index (κ3) is 9.77. The Kier molecular flexibility index (Phi) is 20.8. The number of oxime groups is 2. The number of fused-ring (bicyclic) bond motifs is 6. The number of benzene rings is 2. The van der Waals surface area contributed by atoms with E-state index < -0.39 is 0 Å². The van der Waals surface area contributed by atoms with Gasteiger partial charge in [-0.1, -0.05) is 60.6 Å². The van der Waals surface area contributed by atoms with Crippen LogP contribution in [0.2, 0.25) is 0 Å². The Hall–Kier alpha value is -2.66. The molecule has 2 fully saturated rings. The molecule has 0 radical (unpaired) electrons. The van der Waals surface area contributed by atoms with Crippen molar-refractivity contribution in [3.8, 4) is 0 Å². The molecule has 4 aromatic rings. The van der Waals surface area contributed by atoms with E-state index in [2.05, 4.69) is 119 Å². The fourth-order valence-corrected chi connectivity index (χ4v) is 11.8. The second-order valence-corrected chi connectivity index (χ2v) is 18.1. The number of hydrogen-bond acceptors (Lipinski definition) is 8. The summed E-state index contributed by atoms with van der Waals surface area (Å²) >= 11 is 0. The molecular weight excluding hydrogens is 886 g/mol. The summed E-state index contributed by atoms with van der Waals surface area (Å²) in [6, 6.07) is 18.8. The van der Waals surface area contributed by atoms with Crippen molar-refractivity contribution < 1.29 is 26.1 Å². The highest BCUT2D eigenvalue weighted by Gasteiger charge is 2.54. The molecule has 10 rings (SSSR count). The summed E-state index contributed by atoms with van der Waals surface area (Å²) in [7, 11) is 8.28. The average Bonchev–Trinajstić information content (AvgIpc) is 3.74. The average molecular weight is 961 g/mol. The second kappa shape index (κ2) is 23.2. The van der Waals surface area contributed by atoms with Gasteiger partial charge in [0.25, 0.3) is 0 Å². The van der Waals surface area contributed by atoms with Crippen molar-refractivity contribution >= 4 is 83.1 Å². The van der Waals surface area contributed by atoms with E-state index in [0.29, 0.717) is 36.1 Å². The Morgan fingerprint density at radius 2 is 0.968 bits per heavy atom. The molecule has 0 aliphatic carbocycles. The molecule has 8 heterocycles. The lowest BCUT2D eigenvalue weighted by Crippen LogP contribution is -2.53. The first kappa shape index (κ1) is 56.5. The minimum atomic E-state index is 0. The van der Waals surface area contributed by atoms with Gasteiger partial charge in [-0.05, 0) is 127 Å². The van der Waals surface area contributed by atoms with Crippen molar-refractivity contribution in [2.75, 3.05) is 80.7 Å². The largest absolute Gasteiger partial charge is 0.412 e. The van der Waals surface area contributed by atoms with Crippen LogP contribution in [0.15, 0.2) is 58.8 Å². The van der Waals surface area contributed by atoms with Crippen LogP contribution in [0.5, 0.6) is 0 Å². The lowest BCUT2D eigenvalue weighted by molar-refractivity contribution is -0.00493. The maximum Gasteiger partial charge on any atom is 0.153 e. The van der Waals surface area contributed by atoms with Gasteiger partial charge in [0, 0.05) is 61.2 Å². The van der Waals surface area contributed by atoms with Gasteiger partial charge in [-0.2, -0.15) is 0 Å². The third-order valence-corrected chi connectivity index (χ3v) is 14.5. The van der Waals surface area contributed by atoms with Crippen molar-refractivity contribution in [3.05, 3.63) is 71.0 Å². The van der Waals surface area contributed by atoms with Gasteiger partial charge in [-0.15, -0.1) is 49.6 Å². The maximum absolute atomic E-state index is 5.82. The van der Waals surface area contributed by atoms with Crippen LogP contribution >= 0.6 is 49.6 Å². The molecule has 6 N–H and O–H groups in total. The van der Waals surface area contributed by atoms with E-state index in [1.165, 1.54) is 97.9 Å². The number of nitrogens with zero attached hydrogens (tertiary/aromatic N) is 8. The topological polar surface area (TPSA) is 160 Å². The van der Waals surface area contributed by atoms with Crippen LogP contribution in [0.25, 0.3) is 21.8 Å². The molecule has 13 nitrogen and oxygen atoms in total. The summed E-state index contributed by atoms with van der Waals surface area (Å²) < 4.78 is 4.91. The van der Waals surface area contributed by atoms with E-state index in [-0.39, 0.29) is 66.1 Å². The molecule has 0 amide bonds. The van der Waals surface area contributed by atoms with E-state index in [1.54, 1.807) is 11.1 Å². The van der Waals surface area contributed by atoms with Gasteiger partial charge in [0.2, 0.25) is 0 Å². The Balaban J connectivity index is 0.000000390. The van der Waals surface area contributed by atoms with Crippen molar-refractivity contribution in [2.45, 2.75) is 90.1 Å². The van der Waals surface area contributed by atoms with E-state index in [9.17, 15) is 0 Å². The van der Waals surface area contributed by atoms with Crippen molar-refractivity contribution in [1.82, 2.24) is 28.7 Å². The van der Waals surface area contributed by atoms with Crippen LogP contribution < -0.4 is 0 Å². The zero-order valence-electron chi connectivity index (χ0n) is 38.0. The quantitative estimate of drug-likeness (QED) is 0.123. The molecule has 2 aromatic carbocycles. The first-order valence-electron chi connectivity index (χ1n) is 21.7. The summed E-state index contributed by atoms with van der Waals surface area (Å²) in [5.41, 5.74) is 9.32. The minimum Gasteiger partial charge on any atom is -0.412 e. The molecule has 2 aromatic heterocycles. The monoisotopic (exact) mass is 958 g/mol. The van der Waals surface area contributed by atoms with Crippen LogP contribution in [-0.2, 0) is 22.5 Å². The molecule has 17 heteroatoms. The first-order valence-corrected chi connectivity index (χ1v) is 21.7. The normalized spacial score (nSPS) is 25.0. The number of aromatic nitrogens is 2. The van der Waals surface area contributed by atoms with E-state index in [4.69, 9.17) is 20.0 Å². The van der Waals surface area contributed by atoms with Gasteiger partial charge in [0.1, 0.15) is 13.2 Å². The predicted molar refractivity (Wildman–Crippen MR) is 268 cm³/mol. The Morgan fingerprint density at radius 1 is 0.587 bits per heavy atom. The van der Waals surface area contributed by atoms with Crippen molar-refractivity contribution in [3.63, 3.8) is 0 Å². The number of hydrogen-bond donors (Lipinski definition) is 0. The first-order chi connectivity index (χ1) is 27.3. The van der Waals surface area contributed by atoms with E-state index in [1.807, 2.05) is 0 Å². The van der Waals surface area contributed by atoms with Gasteiger partial charge in [0.05, 0.1) is 23.1 Å². The standard InChI is InChI=1S/2C23H32N4O.4ClH.3H2O/c2*1-4-23-11-7-12-26-13-10-18-17-8-5-6-9-19(17)27(21(18)22(23)26)20(16-23)24-28-15-14-25(2)3;;;;;;;/h2*5-6,8-9,22H,4,7,10-16H2,1-3H3;4*1H;3*1H2/b2*24-20-;;;;;;;/t2*22-,23+;;;;;;;/m11......./s1. The minimum absolute atomic E-state index is 0. The zero-order valence-corrected chi connectivity index (χ0v) is 41.3. The molecule has 0 bridgehead atoms. The maximum atomic E-state index is 5.82. The number of para-hydroxylation sites is 2. The Bertz CT molecular complexity index is 2010. The van der Waals surface area contributed by atoms with Crippen LogP contribution in [0.3, 0.4) is 0 Å². The molecule has 356 valence electrons. The van der Waals surface area contributed by atoms with Gasteiger partial charge in [-0.25, -0.2) is 0 Å². The lowest BCUT2D eigenvalue weighted by atomic mass is 9.64. The lowest BCUT2D eigenvalue weighted by Gasteiger charge is -2.55. The van der Waals surface area contributed by atoms with E-state index >= 15 is 0 Å². The van der Waals surface area contributed by atoms with Gasteiger partial charge < -0.3 is 35.9 Å². The van der Waals surface area contributed by atoms with Gasteiger partial charge in [-0.3, -0.25) is 18.9 Å². The van der Waals surface area contributed by atoms with Crippen molar-refractivity contribution in [2.24, 2.45) is 21.1 Å². The third-order valence-electron chi connectivity index (χ3n) is 14.5. The number of piperidine rings is 2. The SMILES string of the molecule is CC[C@]12CCCN3CCc4c(n(c5ccccc45)/C(=N\OCCN(C)C)C1)[C@@H]32.CC[C@]12CCCN3CCc4c(n(c5ccccc45)/C(=N\OCCN(C)C)C1)[C@@H]32.Cl.Cl.Cl.Cl.O.O.O. The molecule has 2 saturated heterocycles. The highest BCUT2D eigenvalue weighted by Crippen LogP contribution is 2.58. The summed E-state index contributed by atoms with van der Waals surface area (Å²) in [6.45, 7) is 12.6. The summed E-state index contributed by atoms with van der Waals surface area (Å²) in [4.78, 5) is 21.4. The molecule has 6 aliphatic heterocycles. The zero-order chi connectivity index (χ0) is 38.6. The second-order valence-electron chi connectivity index (χ2n) is 18.1. The van der Waals surface area contributed by atoms with Crippen LogP contribution in [0.4, 0.5) is 0 Å². The number of rotatable bonds is 10. The molecule has 0 unspecified atom stereocenters. The summed E-state index contributed by atoms with van der Waals surface area (Å²) in [6.07, 6.45) is 11.9. The highest BCUT2D eigenvalue weighted by atomic mass is 35.5. The smallest absolute Gasteiger partial charge is 0.153 e. The summed E-state index contributed by atoms with van der Waals surface area (Å²) in [5.74, 6) is 2.22. The molecular formula is C46H74Cl4N8O5. The predicted octanol–water partition coefficient (Wildman–Crippen LogP) is 6.96. The molecule has 4 atom stereocenters.